The van der Waals surface area contributed by atoms with Crippen molar-refractivity contribution in [1.29, 1.82) is 0 Å². The van der Waals surface area contributed by atoms with Crippen molar-refractivity contribution in [3.05, 3.63) is 29.8 Å². The van der Waals surface area contributed by atoms with Crippen LogP contribution in [0.4, 0.5) is 0 Å². The molecular formula is C14H22N2O3S2. The van der Waals surface area contributed by atoms with Crippen molar-refractivity contribution in [2.75, 3.05) is 20.3 Å². The smallest absolute Gasteiger partial charge is 0.243 e. The molecule has 0 spiro atoms. The van der Waals surface area contributed by atoms with Gasteiger partial charge in [0.25, 0.3) is 0 Å². The van der Waals surface area contributed by atoms with Crippen molar-refractivity contribution in [2.45, 2.75) is 31.2 Å². The Kier molecular flexibility index (Phi) is 6.73. The van der Waals surface area contributed by atoms with Crippen LogP contribution in [0.3, 0.4) is 0 Å². The molecule has 1 aromatic carbocycles. The Morgan fingerprint density at radius 2 is 1.95 bits per heavy atom. The van der Waals surface area contributed by atoms with Crippen molar-refractivity contribution in [3.63, 3.8) is 0 Å². The van der Waals surface area contributed by atoms with Gasteiger partial charge in [-0.1, -0.05) is 31.3 Å². The van der Waals surface area contributed by atoms with Gasteiger partial charge in [0.05, 0.1) is 16.5 Å². The maximum atomic E-state index is 12.6. The van der Waals surface area contributed by atoms with E-state index in [9.17, 15) is 8.42 Å². The fourth-order valence-corrected chi connectivity index (χ4v) is 3.95. The number of methoxy groups -OCH3 is 1. The summed E-state index contributed by atoms with van der Waals surface area (Å²) in [6.45, 7) is 4.38. The Morgan fingerprint density at radius 3 is 2.38 bits per heavy atom. The van der Waals surface area contributed by atoms with Gasteiger partial charge < -0.3 is 10.5 Å². The van der Waals surface area contributed by atoms with Gasteiger partial charge in [-0.15, -0.1) is 0 Å². The molecule has 0 aliphatic carbocycles. The first-order valence-electron chi connectivity index (χ1n) is 6.71. The topological polar surface area (TPSA) is 72.6 Å². The van der Waals surface area contributed by atoms with Crippen LogP contribution in [0.1, 0.15) is 19.4 Å². The zero-order valence-corrected chi connectivity index (χ0v) is 14.2. The molecule has 0 aliphatic rings. The molecular weight excluding hydrogens is 308 g/mol. The van der Waals surface area contributed by atoms with E-state index in [4.69, 9.17) is 22.7 Å². The molecule has 0 amide bonds. The summed E-state index contributed by atoms with van der Waals surface area (Å²) in [6.07, 6.45) is 0.466. The molecule has 1 aromatic rings. The highest BCUT2D eigenvalue weighted by molar-refractivity contribution is 7.89. The third-order valence-corrected chi connectivity index (χ3v) is 5.37. The number of benzene rings is 1. The fraction of sp³-hybridized carbons (Fsp3) is 0.500. The Morgan fingerprint density at radius 1 is 1.38 bits per heavy atom. The average Bonchev–Trinajstić information content (AvgIpc) is 2.39. The highest BCUT2D eigenvalue weighted by Gasteiger charge is 2.27. The molecule has 0 heterocycles. The zero-order valence-electron chi connectivity index (χ0n) is 12.6. The predicted molar refractivity (Wildman–Crippen MR) is 87.8 cm³/mol. The van der Waals surface area contributed by atoms with Crippen molar-refractivity contribution < 1.29 is 13.2 Å². The summed E-state index contributed by atoms with van der Waals surface area (Å²) in [6, 6.07) is 6.43. The maximum Gasteiger partial charge on any atom is 0.243 e. The number of nitrogens with zero attached hydrogens (tertiary/aromatic N) is 1. The summed E-state index contributed by atoms with van der Waals surface area (Å²) in [7, 11) is -1.97. The number of ether oxygens (including phenoxy) is 1. The van der Waals surface area contributed by atoms with Gasteiger partial charge in [0.1, 0.15) is 0 Å². The van der Waals surface area contributed by atoms with Gasteiger partial charge in [0.15, 0.2) is 0 Å². The maximum absolute atomic E-state index is 12.6. The van der Waals surface area contributed by atoms with Crippen LogP contribution < -0.4 is 5.73 Å². The van der Waals surface area contributed by atoms with E-state index in [1.54, 1.807) is 31.4 Å². The van der Waals surface area contributed by atoms with Gasteiger partial charge in [-0.3, -0.25) is 0 Å². The summed E-state index contributed by atoms with van der Waals surface area (Å²) in [5.41, 5.74) is 6.38. The molecule has 0 aliphatic heterocycles. The van der Waals surface area contributed by atoms with Crippen LogP contribution in [-0.4, -0.2) is 44.0 Å². The molecule has 0 aromatic heterocycles. The van der Waals surface area contributed by atoms with E-state index in [1.165, 1.54) is 4.31 Å². The molecule has 0 radical (unpaired) electrons. The summed E-state index contributed by atoms with van der Waals surface area (Å²) >= 11 is 4.84. The van der Waals surface area contributed by atoms with Crippen molar-refractivity contribution in [2.24, 2.45) is 5.73 Å². The molecule has 118 valence electrons. The molecule has 21 heavy (non-hydrogen) atoms. The third kappa shape index (κ3) is 4.74. The van der Waals surface area contributed by atoms with Gasteiger partial charge in [-0.05, 0) is 24.6 Å². The lowest BCUT2D eigenvalue weighted by atomic mass is 10.1. The number of hydrogen-bond acceptors (Lipinski definition) is 4. The standard InChI is InChI=1S/C14H22N2O3S2/c1-4-16(11(2)10-19-3)21(17,18)13-7-5-12(6-8-13)9-14(15)20/h5-8,11H,4,9-10H2,1-3H3,(H2,15,20). The highest BCUT2D eigenvalue weighted by atomic mass is 32.2. The quantitative estimate of drug-likeness (QED) is 0.732. The van der Waals surface area contributed by atoms with Crippen molar-refractivity contribution in [1.82, 2.24) is 4.31 Å². The molecule has 1 rings (SSSR count). The summed E-state index contributed by atoms with van der Waals surface area (Å²) in [5.74, 6) is 0. The number of sulfonamides is 1. The van der Waals surface area contributed by atoms with Crippen LogP contribution >= 0.6 is 12.2 Å². The normalized spacial score (nSPS) is 13.3. The van der Waals surface area contributed by atoms with Gasteiger partial charge >= 0.3 is 0 Å². The van der Waals surface area contributed by atoms with Crippen LogP contribution in [0.25, 0.3) is 0 Å². The van der Waals surface area contributed by atoms with E-state index in [-0.39, 0.29) is 10.9 Å². The molecule has 1 atom stereocenters. The van der Waals surface area contributed by atoms with Gasteiger partial charge in [0, 0.05) is 26.1 Å². The predicted octanol–water partition coefficient (Wildman–Crippen LogP) is 1.56. The lowest BCUT2D eigenvalue weighted by Gasteiger charge is -2.26. The van der Waals surface area contributed by atoms with E-state index >= 15 is 0 Å². The number of nitrogens with two attached hydrogens (primary N) is 1. The summed E-state index contributed by atoms with van der Waals surface area (Å²) in [4.78, 5) is 0.647. The highest BCUT2D eigenvalue weighted by Crippen LogP contribution is 2.19. The number of hydrogen-bond donors (Lipinski definition) is 1. The lowest BCUT2D eigenvalue weighted by molar-refractivity contribution is 0.142. The Hall–Kier alpha value is -1.02. The van der Waals surface area contributed by atoms with Gasteiger partial charge in [0.2, 0.25) is 10.0 Å². The summed E-state index contributed by atoms with van der Waals surface area (Å²) < 4.78 is 31.7. The lowest BCUT2D eigenvalue weighted by Crippen LogP contribution is -2.40. The first-order chi connectivity index (χ1) is 9.82. The molecule has 0 bridgehead atoms. The van der Waals surface area contributed by atoms with Gasteiger partial charge in [-0.25, -0.2) is 8.42 Å². The number of likely N-dealkylation sites (N-methyl/N-ethyl adjacent to an activating group) is 1. The first kappa shape index (κ1) is 18.0. The minimum absolute atomic E-state index is 0.221. The first-order valence-corrected chi connectivity index (χ1v) is 8.55. The monoisotopic (exact) mass is 330 g/mol. The van der Waals surface area contributed by atoms with E-state index < -0.39 is 10.0 Å². The number of thiocarbonyl (C=S) groups is 1. The number of rotatable bonds is 8. The second-order valence-electron chi connectivity index (χ2n) is 4.80. The molecule has 1 unspecified atom stereocenters. The van der Waals surface area contributed by atoms with E-state index in [1.807, 2.05) is 13.8 Å². The van der Waals surface area contributed by atoms with Gasteiger partial charge in [-0.2, -0.15) is 4.31 Å². The molecule has 0 saturated carbocycles. The van der Waals surface area contributed by atoms with Crippen LogP contribution in [0.15, 0.2) is 29.2 Å². The molecule has 5 nitrogen and oxygen atoms in total. The van der Waals surface area contributed by atoms with Crippen LogP contribution in [0, 0.1) is 0 Å². The largest absolute Gasteiger partial charge is 0.393 e. The Balaban J connectivity index is 3.03. The van der Waals surface area contributed by atoms with E-state index in [2.05, 4.69) is 0 Å². The third-order valence-electron chi connectivity index (χ3n) is 3.12. The SMILES string of the molecule is CCN(C(C)COC)S(=O)(=O)c1ccc(CC(N)=S)cc1. The second kappa shape index (κ2) is 7.84. The molecule has 0 fully saturated rings. The van der Waals surface area contributed by atoms with Crippen molar-refractivity contribution >= 4 is 27.2 Å². The molecule has 7 heteroatoms. The van der Waals surface area contributed by atoms with Crippen molar-refractivity contribution in [3.8, 4) is 0 Å². The second-order valence-corrected chi connectivity index (χ2v) is 7.21. The molecule has 2 N–H and O–H groups in total. The van der Waals surface area contributed by atoms with E-state index in [0.717, 1.165) is 5.56 Å². The average molecular weight is 330 g/mol. The molecule has 0 saturated heterocycles. The zero-order chi connectivity index (χ0) is 16.0. The minimum Gasteiger partial charge on any atom is -0.393 e. The Labute approximate surface area is 132 Å². The van der Waals surface area contributed by atoms with Crippen LogP contribution in [0.2, 0.25) is 0 Å². The van der Waals surface area contributed by atoms with Crippen LogP contribution in [-0.2, 0) is 21.2 Å². The van der Waals surface area contributed by atoms with Crippen LogP contribution in [0.5, 0.6) is 0 Å². The minimum atomic E-state index is -3.53. The summed E-state index contributed by atoms with van der Waals surface area (Å²) in [5, 5.41) is 0. The Bertz CT molecular complexity index is 570. The fourth-order valence-electron chi connectivity index (χ4n) is 2.16. The van der Waals surface area contributed by atoms with E-state index in [0.29, 0.717) is 24.6 Å².